The van der Waals surface area contributed by atoms with Crippen LogP contribution in [-0.2, 0) is 11.3 Å². The zero-order chi connectivity index (χ0) is 21.9. The fraction of sp³-hybridized carbons (Fsp3) is 0.167. The van der Waals surface area contributed by atoms with E-state index in [1.54, 1.807) is 6.92 Å². The van der Waals surface area contributed by atoms with Gasteiger partial charge in [0.25, 0.3) is 5.91 Å². The highest BCUT2D eigenvalue weighted by Gasteiger charge is 2.25. The van der Waals surface area contributed by atoms with Crippen LogP contribution in [0.3, 0.4) is 0 Å². The highest BCUT2D eigenvalue weighted by molar-refractivity contribution is 6.03. The number of aliphatic hydroxyl groups excluding tert-OH is 1. The fourth-order valence-electron chi connectivity index (χ4n) is 2.42. The molecule has 0 aliphatic rings. The number of halogens is 1. The molecule has 1 aromatic heterocycles. The number of hydrogen-bond acceptors (Lipinski definition) is 8. The van der Waals surface area contributed by atoms with E-state index in [2.05, 4.69) is 4.98 Å². The molecule has 150 valence electrons. The van der Waals surface area contributed by atoms with Crippen LogP contribution in [0.15, 0.2) is 29.8 Å². The molecule has 2 rings (SSSR count). The Morgan fingerprint density at radius 3 is 2.62 bits per heavy atom. The van der Waals surface area contributed by atoms with Crippen LogP contribution in [-0.4, -0.2) is 43.1 Å². The minimum Gasteiger partial charge on any atom is -0.506 e. The number of carbonyl (C=O) groups excluding carboxylic acids is 1. The van der Waals surface area contributed by atoms with E-state index in [0.29, 0.717) is 11.8 Å². The third-order valence-electron chi connectivity index (χ3n) is 3.89. The molecule has 0 fully saturated rings. The number of pyridine rings is 1. The minimum absolute atomic E-state index is 0.0597. The third-order valence-corrected chi connectivity index (χ3v) is 3.89. The van der Waals surface area contributed by atoms with Gasteiger partial charge in [-0.2, -0.15) is 5.26 Å². The molecular weight excluding hydrogens is 387 g/mol. The maximum Gasteiger partial charge on any atom is 0.315 e. The Bertz CT molecular complexity index is 1080. The van der Waals surface area contributed by atoms with E-state index < -0.39 is 50.7 Å². The molecule has 0 saturated heterocycles. The van der Waals surface area contributed by atoms with E-state index in [4.69, 9.17) is 0 Å². The largest absolute Gasteiger partial charge is 0.506 e. The highest BCUT2D eigenvalue weighted by atomic mass is 19.1. The van der Waals surface area contributed by atoms with E-state index >= 15 is 0 Å². The van der Waals surface area contributed by atoms with Crippen molar-refractivity contribution >= 4 is 17.4 Å². The first-order chi connectivity index (χ1) is 13.6. The lowest BCUT2D eigenvalue weighted by atomic mass is 10.1. The maximum absolute atomic E-state index is 13.9. The van der Waals surface area contributed by atoms with Crippen molar-refractivity contribution in [1.82, 2.24) is 9.88 Å². The summed E-state index contributed by atoms with van der Waals surface area (Å²) >= 11 is 0. The number of nitrogens with zero attached hydrogens (tertiary/aromatic N) is 4. The van der Waals surface area contributed by atoms with Crippen molar-refractivity contribution in [3.8, 4) is 17.6 Å². The van der Waals surface area contributed by atoms with Crippen LogP contribution in [0.2, 0.25) is 0 Å². The molecule has 1 aromatic carbocycles. The van der Waals surface area contributed by atoms with Gasteiger partial charge in [-0.1, -0.05) is 0 Å². The number of aryl methyl sites for hydroxylation is 1. The molecule has 10 nitrogen and oxygen atoms in total. The second kappa shape index (κ2) is 8.22. The van der Waals surface area contributed by atoms with Crippen molar-refractivity contribution in [1.29, 1.82) is 5.26 Å². The summed E-state index contributed by atoms with van der Waals surface area (Å²) in [7, 11) is 1.24. The van der Waals surface area contributed by atoms with E-state index in [1.165, 1.54) is 25.2 Å². The molecule has 0 unspecified atom stereocenters. The van der Waals surface area contributed by atoms with Gasteiger partial charge < -0.3 is 20.2 Å². The fourth-order valence-corrected chi connectivity index (χ4v) is 2.42. The van der Waals surface area contributed by atoms with Gasteiger partial charge in [-0.05, 0) is 25.1 Å². The molecule has 1 heterocycles. The molecule has 3 N–H and O–H groups in total. The summed E-state index contributed by atoms with van der Waals surface area (Å²) in [5.41, 5.74) is -1.73. The number of likely N-dealkylation sites (N-methyl/N-ethyl adjacent to an activating group) is 1. The number of aromatic nitrogens is 1. The van der Waals surface area contributed by atoms with Gasteiger partial charge in [0.05, 0.1) is 17.2 Å². The van der Waals surface area contributed by atoms with Crippen LogP contribution in [0.5, 0.6) is 11.5 Å². The molecule has 29 heavy (non-hydrogen) atoms. The summed E-state index contributed by atoms with van der Waals surface area (Å²) in [6, 6.07) is 5.55. The van der Waals surface area contributed by atoms with Gasteiger partial charge in [-0.15, -0.1) is 0 Å². The second-order valence-electron chi connectivity index (χ2n) is 6.00. The topological polar surface area (TPSA) is 161 Å². The molecule has 0 saturated carbocycles. The van der Waals surface area contributed by atoms with E-state index in [1.807, 2.05) is 0 Å². The number of aromatic hydroxyl groups is 2. The minimum atomic E-state index is -1.03. The predicted molar refractivity (Wildman–Crippen MR) is 97.0 cm³/mol. The summed E-state index contributed by atoms with van der Waals surface area (Å²) in [4.78, 5) is 27.4. The Balaban J connectivity index is 2.44. The molecule has 11 heteroatoms. The maximum atomic E-state index is 13.9. The van der Waals surface area contributed by atoms with Crippen molar-refractivity contribution in [2.24, 2.45) is 0 Å². The van der Waals surface area contributed by atoms with Crippen LogP contribution >= 0.6 is 0 Å². The number of carbonyl (C=O) groups is 1. The van der Waals surface area contributed by atoms with Gasteiger partial charge >= 0.3 is 5.69 Å². The molecular formula is C18H15FN4O6. The van der Waals surface area contributed by atoms with Crippen molar-refractivity contribution < 1.29 is 29.4 Å². The second-order valence-corrected chi connectivity index (χ2v) is 6.00. The Morgan fingerprint density at radius 1 is 1.38 bits per heavy atom. The highest BCUT2D eigenvalue weighted by Crippen LogP contribution is 2.38. The summed E-state index contributed by atoms with van der Waals surface area (Å²) in [6.45, 7) is 1.31. The number of benzene rings is 1. The van der Waals surface area contributed by atoms with Gasteiger partial charge in [-0.3, -0.25) is 19.9 Å². The van der Waals surface area contributed by atoms with E-state index in [-0.39, 0.29) is 12.2 Å². The van der Waals surface area contributed by atoms with E-state index in [0.717, 1.165) is 11.0 Å². The van der Waals surface area contributed by atoms with E-state index in [9.17, 15) is 39.9 Å². The van der Waals surface area contributed by atoms with Gasteiger partial charge in [0.15, 0.2) is 11.3 Å². The van der Waals surface area contributed by atoms with Gasteiger partial charge in [0.1, 0.15) is 17.6 Å². The lowest BCUT2D eigenvalue weighted by Gasteiger charge is -2.17. The Kier molecular flexibility index (Phi) is 5.98. The summed E-state index contributed by atoms with van der Waals surface area (Å²) in [6.07, 6.45) is 0. The molecule has 0 atom stereocenters. The molecule has 2 aromatic rings. The number of aliphatic hydroxyl groups is 1. The van der Waals surface area contributed by atoms with Crippen LogP contribution in [0.4, 0.5) is 10.1 Å². The molecule has 0 spiro atoms. The van der Waals surface area contributed by atoms with Crippen LogP contribution in [0, 0.1) is 34.2 Å². The predicted octanol–water partition coefficient (Wildman–Crippen LogP) is 2.30. The SMILES string of the molecule is Cc1ccc(F)c(CN(C)C(=O)/C(C#N)=C(\O)c2cc(O)c(O)c([N+](=O)[O-])c2)n1. The standard InChI is InChI=1S/C18H15FN4O6/c1-9-3-4-12(19)13(21-9)8-22(2)18(27)11(7-20)16(25)10-5-14(23(28)29)17(26)15(24)6-10/h3-6,24-26H,8H2,1-2H3/b16-11-. The van der Waals surface area contributed by atoms with Crippen molar-refractivity contribution in [3.63, 3.8) is 0 Å². The van der Waals surface area contributed by atoms with Gasteiger partial charge in [-0.25, -0.2) is 4.39 Å². The first-order valence-corrected chi connectivity index (χ1v) is 7.98. The zero-order valence-electron chi connectivity index (χ0n) is 15.2. The van der Waals surface area contributed by atoms with Gasteiger partial charge in [0.2, 0.25) is 5.75 Å². The lowest BCUT2D eigenvalue weighted by Crippen LogP contribution is -2.29. The average Bonchev–Trinajstić information content (AvgIpc) is 2.66. The first-order valence-electron chi connectivity index (χ1n) is 7.98. The third kappa shape index (κ3) is 4.38. The average molecular weight is 402 g/mol. The van der Waals surface area contributed by atoms with Crippen LogP contribution in [0.1, 0.15) is 17.0 Å². The molecule has 0 aliphatic heterocycles. The number of phenolic OH excluding ortho intramolecular Hbond substituents is 2. The monoisotopic (exact) mass is 402 g/mol. The Labute approximate surface area is 163 Å². The Hall–Kier alpha value is -4.20. The zero-order valence-corrected chi connectivity index (χ0v) is 15.2. The Morgan fingerprint density at radius 2 is 2.03 bits per heavy atom. The van der Waals surface area contributed by atoms with Gasteiger partial charge in [0, 0.05) is 24.4 Å². The normalized spacial score (nSPS) is 11.4. The molecule has 0 bridgehead atoms. The number of rotatable bonds is 5. The van der Waals surface area contributed by atoms with Crippen molar-refractivity contribution in [2.75, 3.05) is 7.05 Å². The summed E-state index contributed by atoms with van der Waals surface area (Å²) < 4.78 is 13.9. The van der Waals surface area contributed by atoms with Crippen molar-refractivity contribution in [3.05, 3.63) is 62.7 Å². The lowest BCUT2D eigenvalue weighted by molar-refractivity contribution is -0.386. The number of nitro groups is 1. The number of hydrogen-bond donors (Lipinski definition) is 3. The molecule has 0 radical (unpaired) electrons. The number of nitro benzene ring substituents is 1. The summed E-state index contributed by atoms with van der Waals surface area (Å²) in [5.74, 6) is -4.59. The number of phenols is 2. The number of nitriles is 1. The van der Waals surface area contributed by atoms with Crippen LogP contribution < -0.4 is 0 Å². The smallest absolute Gasteiger partial charge is 0.315 e. The van der Waals surface area contributed by atoms with Crippen molar-refractivity contribution in [2.45, 2.75) is 13.5 Å². The van der Waals surface area contributed by atoms with Crippen LogP contribution in [0.25, 0.3) is 5.76 Å². The molecule has 0 aliphatic carbocycles. The summed E-state index contributed by atoms with van der Waals surface area (Å²) in [5, 5.41) is 49.7. The quantitative estimate of drug-likeness (QED) is 0.171. The number of amides is 1. The first kappa shape index (κ1) is 21.1. The molecule has 1 amide bonds.